The summed E-state index contributed by atoms with van der Waals surface area (Å²) in [7, 11) is 1.67. The summed E-state index contributed by atoms with van der Waals surface area (Å²) in [6.45, 7) is 4.93. The first-order valence-corrected chi connectivity index (χ1v) is 7.06. The molecule has 0 aliphatic heterocycles. The third kappa shape index (κ3) is 3.19. The Labute approximate surface area is 122 Å². The second kappa shape index (κ2) is 6.26. The Morgan fingerprint density at radius 1 is 1.37 bits per heavy atom. The van der Waals surface area contributed by atoms with Gasteiger partial charge >= 0.3 is 0 Å². The fourth-order valence-electron chi connectivity index (χ4n) is 2.10. The Bertz CT molecular complexity index is 551. The molecule has 0 aliphatic rings. The van der Waals surface area contributed by atoms with E-state index in [1.165, 1.54) is 5.56 Å². The Hall–Kier alpha value is -1.26. The van der Waals surface area contributed by atoms with Crippen LogP contribution in [0.5, 0.6) is 5.75 Å². The lowest BCUT2D eigenvalue weighted by atomic mass is 10.0. The number of furan rings is 1. The van der Waals surface area contributed by atoms with E-state index in [0.29, 0.717) is 0 Å². The quantitative estimate of drug-likeness (QED) is 0.901. The largest absolute Gasteiger partial charge is 0.497 e. The zero-order valence-corrected chi connectivity index (χ0v) is 13.0. The summed E-state index contributed by atoms with van der Waals surface area (Å²) >= 11 is 3.61. The van der Waals surface area contributed by atoms with Crippen LogP contribution >= 0.6 is 15.9 Å². The lowest BCUT2D eigenvalue weighted by Gasteiger charge is -2.19. The molecule has 2 rings (SSSR count). The molecule has 19 heavy (non-hydrogen) atoms. The van der Waals surface area contributed by atoms with Gasteiger partial charge in [-0.25, -0.2) is 0 Å². The van der Waals surface area contributed by atoms with Crippen molar-refractivity contribution in [3.63, 3.8) is 0 Å². The molecule has 1 aromatic heterocycles. The van der Waals surface area contributed by atoms with Gasteiger partial charge < -0.3 is 14.5 Å². The Balaban J connectivity index is 2.39. The summed E-state index contributed by atoms with van der Waals surface area (Å²) in [5.41, 5.74) is 2.30. The van der Waals surface area contributed by atoms with Crippen molar-refractivity contribution < 1.29 is 9.15 Å². The van der Waals surface area contributed by atoms with Crippen molar-refractivity contribution in [2.75, 3.05) is 13.7 Å². The van der Waals surface area contributed by atoms with E-state index in [1.807, 2.05) is 19.1 Å². The van der Waals surface area contributed by atoms with Crippen LogP contribution in [0, 0.1) is 6.92 Å². The first-order chi connectivity index (χ1) is 9.15. The van der Waals surface area contributed by atoms with E-state index in [4.69, 9.17) is 9.15 Å². The Morgan fingerprint density at radius 2 is 2.16 bits per heavy atom. The minimum Gasteiger partial charge on any atom is -0.497 e. The molecule has 0 spiro atoms. The van der Waals surface area contributed by atoms with Crippen LogP contribution < -0.4 is 10.1 Å². The smallest absolute Gasteiger partial charge is 0.120 e. The molecule has 0 saturated heterocycles. The molecule has 3 nitrogen and oxygen atoms in total. The van der Waals surface area contributed by atoms with Crippen molar-refractivity contribution in [2.45, 2.75) is 19.9 Å². The van der Waals surface area contributed by atoms with Crippen molar-refractivity contribution in [1.29, 1.82) is 0 Å². The fraction of sp³-hybridized carbons (Fsp3) is 0.333. The zero-order valence-electron chi connectivity index (χ0n) is 11.4. The lowest BCUT2D eigenvalue weighted by molar-refractivity contribution is 0.414. The summed E-state index contributed by atoms with van der Waals surface area (Å²) in [5.74, 6) is 1.76. The number of aryl methyl sites for hydroxylation is 1. The van der Waals surface area contributed by atoms with Gasteiger partial charge in [-0.05, 0) is 37.2 Å². The standard InChI is InChI=1S/C15H18BrNO2/c1-4-17-15(11-7-10(2)19-9-11)13-6-5-12(18-3)8-14(13)16/h5-9,15,17H,4H2,1-3H3. The maximum atomic E-state index is 5.42. The predicted octanol–water partition coefficient (Wildman–Crippen LogP) is 4.06. The molecule has 0 radical (unpaired) electrons. The van der Waals surface area contributed by atoms with Crippen LogP contribution in [0.15, 0.2) is 39.4 Å². The topological polar surface area (TPSA) is 34.4 Å². The molecule has 1 unspecified atom stereocenters. The Kier molecular flexibility index (Phi) is 4.66. The predicted molar refractivity (Wildman–Crippen MR) is 79.7 cm³/mol. The number of rotatable bonds is 5. The normalized spacial score (nSPS) is 12.4. The SMILES string of the molecule is CCNC(c1coc(C)c1)c1ccc(OC)cc1Br. The van der Waals surface area contributed by atoms with Crippen molar-refractivity contribution in [3.05, 3.63) is 51.9 Å². The van der Waals surface area contributed by atoms with E-state index in [9.17, 15) is 0 Å². The van der Waals surface area contributed by atoms with Crippen molar-refractivity contribution in [2.24, 2.45) is 0 Å². The summed E-state index contributed by atoms with van der Waals surface area (Å²) in [6.07, 6.45) is 1.80. The fourth-order valence-corrected chi connectivity index (χ4v) is 2.68. The van der Waals surface area contributed by atoms with Gasteiger partial charge in [-0.2, -0.15) is 0 Å². The molecule has 102 valence electrons. The number of hydrogen-bond acceptors (Lipinski definition) is 3. The second-order valence-corrected chi connectivity index (χ2v) is 5.22. The lowest BCUT2D eigenvalue weighted by Crippen LogP contribution is -2.21. The maximum absolute atomic E-state index is 5.42. The number of benzene rings is 1. The molecule has 0 amide bonds. The number of nitrogens with one attached hydrogen (secondary N) is 1. The molecule has 1 atom stereocenters. The van der Waals surface area contributed by atoms with Gasteiger partial charge in [-0.15, -0.1) is 0 Å². The van der Waals surface area contributed by atoms with E-state index < -0.39 is 0 Å². The molecular weight excluding hydrogens is 306 g/mol. The van der Waals surface area contributed by atoms with Gasteiger partial charge in [0, 0.05) is 10.0 Å². The van der Waals surface area contributed by atoms with Gasteiger partial charge in [0.2, 0.25) is 0 Å². The highest BCUT2D eigenvalue weighted by molar-refractivity contribution is 9.10. The molecule has 0 aliphatic carbocycles. The molecule has 1 heterocycles. The monoisotopic (exact) mass is 323 g/mol. The zero-order chi connectivity index (χ0) is 13.8. The van der Waals surface area contributed by atoms with Gasteiger partial charge in [-0.1, -0.05) is 28.9 Å². The van der Waals surface area contributed by atoms with Gasteiger partial charge in [0.15, 0.2) is 0 Å². The van der Waals surface area contributed by atoms with Gasteiger partial charge in [0.25, 0.3) is 0 Å². The molecule has 0 fully saturated rings. The second-order valence-electron chi connectivity index (χ2n) is 4.37. The average Bonchev–Trinajstić information content (AvgIpc) is 2.83. The molecule has 4 heteroatoms. The third-order valence-electron chi connectivity index (χ3n) is 3.01. The highest BCUT2D eigenvalue weighted by Crippen LogP contribution is 2.32. The van der Waals surface area contributed by atoms with Crippen LogP contribution in [-0.2, 0) is 0 Å². The maximum Gasteiger partial charge on any atom is 0.120 e. The van der Waals surface area contributed by atoms with E-state index in [2.05, 4.69) is 40.3 Å². The minimum absolute atomic E-state index is 0.114. The molecular formula is C15H18BrNO2. The van der Waals surface area contributed by atoms with E-state index in [1.54, 1.807) is 13.4 Å². The molecule has 1 aromatic carbocycles. The van der Waals surface area contributed by atoms with Gasteiger partial charge in [0.1, 0.15) is 11.5 Å². The molecule has 1 N–H and O–H groups in total. The summed E-state index contributed by atoms with van der Waals surface area (Å²) in [5, 5.41) is 3.48. The van der Waals surface area contributed by atoms with Crippen LogP contribution in [0.1, 0.15) is 29.9 Å². The van der Waals surface area contributed by atoms with Gasteiger partial charge in [-0.3, -0.25) is 0 Å². The van der Waals surface area contributed by atoms with E-state index in [0.717, 1.165) is 28.1 Å². The first kappa shape index (κ1) is 14.2. The Morgan fingerprint density at radius 3 is 2.68 bits per heavy atom. The molecule has 0 saturated carbocycles. The highest BCUT2D eigenvalue weighted by Gasteiger charge is 2.18. The number of hydrogen-bond donors (Lipinski definition) is 1. The van der Waals surface area contributed by atoms with Crippen LogP contribution in [0.4, 0.5) is 0 Å². The third-order valence-corrected chi connectivity index (χ3v) is 3.70. The number of ether oxygens (including phenoxy) is 1. The molecule has 2 aromatic rings. The molecule has 0 bridgehead atoms. The summed E-state index contributed by atoms with van der Waals surface area (Å²) in [4.78, 5) is 0. The van der Waals surface area contributed by atoms with Crippen LogP contribution in [0.3, 0.4) is 0 Å². The summed E-state index contributed by atoms with van der Waals surface area (Å²) in [6, 6.07) is 8.19. The van der Waals surface area contributed by atoms with Crippen LogP contribution in [-0.4, -0.2) is 13.7 Å². The number of halogens is 1. The first-order valence-electron chi connectivity index (χ1n) is 6.27. The van der Waals surface area contributed by atoms with Crippen LogP contribution in [0.2, 0.25) is 0 Å². The highest BCUT2D eigenvalue weighted by atomic mass is 79.9. The van der Waals surface area contributed by atoms with Crippen molar-refractivity contribution in [1.82, 2.24) is 5.32 Å². The van der Waals surface area contributed by atoms with Crippen molar-refractivity contribution in [3.8, 4) is 5.75 Å². The summed E-state index contributed by atoms with van der Waals surface area (Å²) < 4.78 is 11.7. The minimum atomic E-state index is 0.114. The number of methoxy groups -OCH3 is 1. The van der Waals surface area contributed by atoms with Gasteiger partial charge in [0.05, 0.1) is 19.4 Å². The van der Waals surface area contributed by atoms with Crippen molar-refractivity contribution >= 4 is 15.9 Å². The average molecular weight is 324 g/mol. The van der Waals surface area contributed by atoms with E-state index in [-0.39, 0.29) is 6.04 Å². The van der Waals surface area contributed by atoms with E-state index >= 15 is 0 Å². The van der Waals surface area contributed by atoms with Crippen LogP contribution in [0.25, 0.3) is 0 Å².